The minimum atomic E-state index is -0.616. The first-order chi connectivity index (χ1) is 12.6. The van der Waals surface area contributed by atoms with Gasteiger partial charge in [-0.05, 0) is 42.3 Å². The molecule has 136 valence electrons. The van der Waals surface area contributed by atoms with Crippen LogP contribution in [0.1, 0.15) is 24.1 Å². The van der Waals surface area contributed by atoms with Crippen LogP contribution in [-0.4, -0.2) is 36.3 Å². The molecule has 2 aromatic rings. The molecule has 1 atom stereocenters. The zero-order chi connectivity index (χ0) is 18.8. The number of carbonyl (C=O) groups excluding carboxylic acids is 2. The van der Waals surface area contributed by atoms with E-state index < -0.39 is 12.5 Å². The number of aliphatic hydroxyl groups is 1. The normalized spacial score (nSPS) is 11.8. The molecule has 0 aliphatic heterocycles. The molecule has 7 heteroatoms. The minimum absolute atomic E-state index is 0.0861. The molecule has 0 unspecified atom stereocenters. The molecule has 2 amide bonds. The molecule has 26 heavy (non-hydrogen) atoms. The van der Waals surface area contributed by atoms with Crippen molar-refractivity contribution < 1.29 is 19.4 Å². The molecule has 0 saturated carbocycles. The summed E-state index contributed by atoms with van der Waals surface area (Å²) >= 11 is 0. The number of hydrogen-bond acceptors (Lipinski definition) is 5. The first-order valence-electron chi connectivity index (χ1n) is 8.08. The maximum absolute atomic E-state index is 12.0. The maximum Gasteiger partial charge on any atom is 0.265 e. The first-order valence-corrected chi connectivity index (χ1v) is 8.08. The summed E-state index contributed by atoms with van der Waals surface area (Å²) in [5, 5.41) is 15.1. The van der Waals surface area contributed by atoms with Gasteiger partial charge in [0, 0.05) is 0 Å². The Morgan fingerprint density at radius 2 is 1.81 bits per heavy atom. The second-order valence-corrected chi connectivity index (χ2v) is 5.51. The first kappa shape index (κ1) is 19.1. The Labute approximate surface area is 151 Å². The van der Waals surface area contributed by atoms with Gasteiger partial charge < -0.3 is 15.2 Å². The van der Waals surface area contributed by atoms with Crippen LogP contribution < -0.4 is 15.5 Å². The molecule has 0 heterocycles. The lowest BCUT2D eigenvalue weighted by atomic mass is 10.1. The van der Waals surface area contributed by atoms with Gasteiger partial charge in [0.15, 0.2) is 6.61 Å². The molecule has 3 N–H and O–H groups in total. The lowest BCUT2D eigenvalue weighted by Gasteiger charge is -2.14. The summed E-state index contributed by atoms with van der Waals surface area (Å²) < 4.78 is 5.46. The number of aliphatic hydroxyl groups excluding tert-OH is 1. The van der Waals surface area contributed by atoms with E-state index in [0.29, 0.717) is 5.75 Å². The highest BCUT2D eigenvalue weighted by Gasteiger charge is 2.09. The zero-order valence-corrected chi connectivity index (χ0v) is 14.4. The van der Waals surface area contributed by atoms with Gasteiger partial charge in [0.05, 0.1) is 12.3 Å². The van der Waals surface area contributed by atoms with Crippen LogP contribution in [0.5, 0.6) is 5.75 Å². The van der Waals surface area contributed by atoms with Gasteiger partial charge in [0.25, 0.3) is 11.8 Å². The van der Waals surface area contributed by atoms with Crippen molar-refractivity contribution >= 4 is 18.0 Å². The SMILES string of the molecule is C[C@H](NC(=O)COc1ccc(/C=N\NC(=O)CO)cc1)c1ccccc1. The number of nitrogens with zero attached hydrogens (tertiary/aromatic N) is 1. The Morgan fingerprint density at radius 3 is 2.46 bits per heavy atom. The zero-order valence-electron chi connectivity index (χ0n) is 14.4. The summed E-state index contributed by atoms with van der Waals surface area (Å²) in [5.74, 6) is -0.250. The number of hydrazone groups is 1. The van der Waals surface area contributed by atoms with Crippen molar-refractivity contribution in [3.63, 3.8) is 0 Å². The highest BCUT2D eigenvalue weighted by atomic mass is 16.5. The van der Waals surface area contributed by atoms with Crippen molar-refractivity contribution in [2.24, 2.45) is 5.10 Å². The predicted octanol–water partition coefficient (Wildman–Crippen LogP) is 1.39. The van der Waals surface area contributed by atoms with Crippen LogP contribution in [0.25, 0.3) is 0 Å². The summed E-state index contributed by atoms with van der Waals surface area (Å²) in [6, 6.07) is 16.4. The maximum atomic E-state index is 12.0. The van der Waals surface area contributed by atoms with Crippen molar-refractivity contribution in [1.29, 1.82) is 0 Å². The van der Waals surface area contributed by atoms with E-state index in [1.165, 1.54) is 6.21 Å². The summed E-state index contributed by atoms with van der Waals surface area (Å²) in [7, 11) is 0. The van der Waals surface area contributed by atoms with E-state index in [0.717, 1.165) is 11.1 Å². The number of rotatable bonds is 8. The summed E-state index contributed by atoms with van der Waals surface area (Å²) in [5.41, 5.74) is 3.92. The summed E-state index contributed by atoms with van der Waals surface area (Å²) in [4.78, 5) is 22.8. The lowest BCUT2D eigenvalue weighted by molar-refractivity contribution is -0.124. The molecule has 0 aliphatic rings. The summed E-state index contributed by atoms with van der Waals surface area (Å²) in [6.45, 7) is 1.21. The standard InChI is InChI=1S/C19H21N3O4/c1-14(16-5-3-2-4-6-16)21-19(25)13-26-17-9-7-15(8-10-17)11-20-22-18(24)12-23/h2-11,14,23H,12-13H2,1H3,(H,21,25)(H,22,24)/b20-11-/t14-/m0/s1. The van der Waals surface area contributed by atoms with Crippen LogP contribution in [0, 0.1) is 0 Å². The van der Waals surface area contributed by atoms with E-state index in [-0.39, 0.29) is 18.6 Å². The van der Waals surface area contributed by atoms with Gasteiger partial charge >= 0.3 is 0 Å². The third-order valence-electron chi connectivity index (χ3n) is 3.47. The third-order valence-corrected chi connectivity index (χ3v) is 3.47. The van der Waals surface area contributed by atoms with Gasteiger partial charge in [0.1, 0.15) is 12.4 Å². The van der Waals surface area contributed by atoms with Gasteiger partial charge in [0.2, 0.25) is 0 Å². The highest BCUT2D eigenvalue weighted by Crippen LogP contribution is 2.12. The van der Waals surface area contributed by atoms with E-state index in [9.17, 15) is 9.59 Å². The topological polar surface area (TPSA) is 100 Å². The average Bonchev–Trinajstić information content (AvgIpc) is 2.67. The fourth-order valence-electron chi connectivity index (χ4n) is 2.12. The Hall–Kier alpha value is -3.19. The van der Waals surface area contributed by atoms with Crippen LogP contribution in [0.4, 0.5) is 0 Å². The van der Waals surface area contributed by atoms with Crippen LogP contribution in [0.2, 0.25) is 0 Å². The molecule has 0 bridgehead atoms. The molecule has 0 aliphatic carbocycles. The quantitative estimate of drug-likeness (QED) is 0.492. The Balaban J connectivity index is 1.78. The van der Waals surface area contributed by atoms with Gasteiger partial charge in [-0.15, -0.1) is 0 Å². The van der Waals surface area contributed by atoms with E-state index in [1.54, 1.807) is 24.3 Å². The number of ether oxygens (including phenoxy) is 1. The molecular formula is C19H21N3O4. The van der Waals surface area contributed by atoms with Gasteiger partial charge in [-0.2, -0.15) is 5.10 Å². The number of benzene rings is 2. The molecule has 0 saturated heterocycles. The molecular weight excluding hydrogens is 334 g/mol. The second-order valence-electron chi connectivity index (χ2n) is 5.51. The third kappa shape index (κ3) is 6.37. The fraction of sp³-hybridized carbons (Fsp3) is 0.211. The molecule has 0 radical (unpaired) electrons. The van der Waals surface area contributed by atoms with Crippen molar-refractivity contribution in [3.05, 3.63) is 65.7 Å². The Kier molecular flexibility index (Phi) is 7.32. The van der Waals surface area contributed by atoms with Gasteiger partial charge in [-0.3, -0.25) is 9.59 Å². The van der Waals surface area contributed by atoms with Gasteiger partial charge in [-0.1, -0.05) is 30.3 Å². The molecule has 0 aromatic heterocycles. The number of hydrogen-bond donors (Lipinski definition) is 3. The van der Waals surface area contributed by atoms with Crippen molar-refractivity contribution in [1.82, 2.24) is 10.7 Å². The van der Waals surface area contributed by atoms with E-state index in [2.05, 4.69) is 15.8 Å². The smallest absolute Gasteiger partial charge is 0.265 e. The number of carbonyl (C=O) groups is 2. The minimum Gasteiger partial charge on any atom is -0.484 e. The fourth-order valence-corrected chi connectivity index (χ4v) is 2.12. The Bertz CT molecular complexity index is 745. The average molecular weight is 355 g/mol. The molecule has 7 nitrogen and oxygen atoms in total. The second kappa shape index (κ2) is 9.95. The van der Waals surface area contributed by atoms with Crippen LogP contribution >= 0.6 is 0 Å². The lowest BCUT2D eigenvalue weighted by Crippen LogP contribution is -2.31. The number of nitrogens with one attached hydrogen (secondary N) is 2. The highest BCUT2D eigenvalue weighted by molar-refractivity contribution is 5.82. The molecule has 2 aromatic carbocycles. The predicted molar refractivity (Wildman–Crippen MR) is 97.8 cm³/mol. The molecule has 0 fully saturated rings. The molecule has 0 spiro atoms. The molecule has 2 rings (SSSR count). The van der Waals surface area contributed by atoms with E-state index >= 15 is 0 Å². The van der Waals surface area contributed by atoms with Crippen molar-refractivity contribution in [3.8, 4) is 5.75 Å². The number of amides is 2. The van der Waals surface area contributed by atoms with Crippen molar-refractivity contribution in [2.45, 2.75) is 13.0 Å². The van der Waals surface area contributed by atoms with Crippen LogP contribution in [0.15, 0.2) is 59.7 Å². The van der Waals surface area contributed by atoms with Crippen LogP contribution in [0.3, 0.4) is 0 Å². The van der Waals surface area contributed by atoms with Gasteiger partial charge in [-0.25, -0.2) is 5.43 Å². The monoisotopic (exact) mass is 355 g/mol. The largest absolute Gasteiger partial charge is 0.484 e. The van der Waals surface area contributed by atoms with Crippen molar-refractivity contribution in [2.75, 3.05) is 13.2 Å². The van der Waals surface area contributed by atoms with Crippen LogP contribution in [-0.2, 0) is 9.59 Å². The summed E-state index contributed by atoms with van der Waals surface area (Å²) in [6.07, 6.45) is 1.44. The van der Waals surface area contributed by atoms with E-state index in [4.69, 9.17) is 9.84 Å². The van der Waals surface area contributed by atoms with E-state index in [1.807, 2.05) is 37.3 Å². The Morgan fingerprint density at radius 1 is 1.12 bits per heavy atom.